The van der Waals surface area contributed by atoms with Gasteiger partial charge in [0.05, 0.1) is 6.61 Å². The van der Waals surface area contributed by atoms with Crippen LogP contribution < -0.4 is 0 Å². The predicted octanol–water partition coefficient (Wildman–Crippen LogP) is 2.37. The lowest BCUT2D eigenvalue weighted by Crippen LogP contribution is -2.28. The van der Waals surface area contributed by atoms with Crippen LogP contribution in [-0.2, 0) is 4.74 Å². The van der Waals surface area contributed by atoms with Crippen LogP contribution in [0.2, 0.25) is 0 Å². The number of hydrogen-bond acceptors (Lipinski definition) is 3. The molecule has 0 saturated heterocycles. The molecule has 3 rings (SSSR count). The summed E-state index contributed by atoms with van der Waals surface area (Å²) in [7, 11) is 0. The predicted molar refractivity (Wildman–Crippen MR) is 71.9 cm³/mol. The van der Waals surface area contributed by atoms with Crippen molar-refractivity contribution in [3.8, 4) is 0 Å². The molecule has 2 aromatic carbocycles. The van der Waals surface area contributed by atoms with E-state index in [-0.39, 0.29) is 6.61 Å². The SMILES string of the molecule is C[C@@]1(CO)COC(c2ccc3ccccc3c2)=N1. The Hall–Kier alpha value is -1.87. The first kappa shape index (κ1) is 11.2. The Balaban J connectivity index is 2.03. The van der Waals surface area contributed by atoms with Crippen LogP contribution in [0.15, 0.2) is 47.5 Å². The molecular formula is C15H15NO2. The highest BCUT2D eigenvalue weighted by atomic mass is 16.5. The first-order chi connectivity index (χ1) is 8.70. The maximum Gasteiger partial charge on any atom is 0.216 e. The fraction of sp³-hybridized carbons (Fsp3) is 0.267. The van der Waals surface area contributed by atoms with Crippen LogP contribution in [0.4, 0.5) is 0 Å². The van der Waals surface area contributed by atoms with Crippen LogP contribution in [-0.4, -0.2) is 29.8 Å². The van der Waals surface area contributed by atoms with Crippen molar-refractivity contribution in [3.63, 3.8) is 0 Å². The van der Waals surface area contributed by atoms with Gasteiger partial charge in [-0.1, -0.05) is 30.3 Å². The monoisotopic (exact) mass is 241 g/mol. The smallest absolute Gasteiger partial charge is 0.216 e. The molecule has 92 valence electrons. The second-order valence-electron chi connectivity index (χ2n) is 4.92. The zero-order valence-electron chi connectivity index (χ0n) is 10.3. The summed E-state index contributed by atoms with van der Waals surface area (Å²) in [5, 5.41) is 11.6. The van der Waals surface area contributed by atoms with Crippen LogP contribution in [0.3, 0.4) is 0 Å². The lowest BCUT2D eigenvalue weighted by Gasteiger charge is -2.12. The third kappa shape index (κ3) is 1.87. The Morgan fingerprint density at radius 1 is 1.22 bits per heavy atom. The third-order valence-electron chi connectivity index (χ3n) is 3.23. The number of ether oxygens (including phenoxy) is 1. The van der Waals surface area contributed by atoms with Gasteiger partial charge < -0.3 is 9.84 Å². The second-order valence-corrected chi connectivity index (χ2v) is 4.92. The van der Waals surface area contributed by atoms with Gasteiger partial charge in [-0.25, -0.2) is 4.99 Å². The Morgan fingerprint density at radius 3 is 2.72 bits per heavy atom. The van der Waals surface area contributed by atoms with Gasteiger partial charge in [-0.3, -0.25) is 0 Å². The zero-order chi connectivity index (χ0) is 12.6. The van der Waals surface area contributed by atoms with E-state index >= 15 is 0 Å². The Bertz CT molecular complexity index is 621. The molecule has 1 N–H and O–H groups in total. The van der Waals surface area contributed by atoms with Gasteiger partial charge in [0.15, 0.2) is 0 Å². The Labute approximate surface area is 106 Å². The average Bonchev–Trinajstić information content (AvgIpc) is 2.82. The highest BCUT2D eigenvalue weighted by molar-refractivity contribution is 5.99. The van der Waals surface area contributed by atoms with Crippen molar-refractivity contribution >= 4 is 16.7 Å². The summed E-state index contributed by atoms with van der Waals surface area (Å²) in [6.45, 7) is 2.33. The summed E-state index contributed by atoms with van der Waals surface area (Å²) >= 11 is 0. The molecule has 0 radical (unpaired) electrons. The average molecular weight is 241 g/mol. The molecule has 2 aromatic rings. The van der Waals surface area contributed by atoms with Crippen LogP contribution in [0.1, 0.15) is 12.5 Å². The van der Waals surface area contributed by atoms with E-state index in [1.165, 1.54) is 10.8 Å². The number of aliphatic hydroxyl groups excluding tert-OH is 1. The van der Waals surface area contributed by atoms with Crippen molar-refractivity contribution in [1.29, 1.82) is 0 Å². The molecule has 0 aliphatic carbocycles. The van der Waals surface area contributed by atoms with E-state index in [1.54, 1.807) is 0 Å². The summed E-state index contributed by atoms with van der Waals surface area (Å²) in [5.41, 5.74) is 0.465. The molecule has 3 heteroatoms. The van der Waals surface area contributed by atoms with Crippen molar-refractivity contribution in [2.75, 3.05) is 13.2 Å². The minimum atomic E-state index is -0.499. The molecule has 1 aliphatic rings. The van der Waals surface area contributed by atoms with Crippen LogP contribution in [0.25, 0.3) is 10.8 Å². The number of fused-ring (bicyclic) bond motifs is 1. The molecule has 1 aliphatic heterocycles. The summed E-state index contributed by atoms with van der Waals surface area (Å²) < 4.78 is 5.58. The van der Waals surface area contributed by atoms with Gasteiger partial charge in [-0.05, 0) is 29.8 Å². The lowest BCUT2D eigenvalue weighted by atomic mass is 10.1. The molecule has 1 heterocycles. The highest BCUT2D eigenvalue weighted by Gasteiger charge is 2.31. The topological polar surface area (TPSA) is 41.8 Å². The van der Waals surface area contributed by atoms with Crippen molar-refractivity contribution < 1.29 is 9.84 Å². The zero-order valence-corrected chi connectivity index (χ0v) is 10.3. The van der Waals surface area contributed by atoms with Crippen molar-refractivity contribution in [1.82, 2.24) is 0 Å². The van der Waals surface area contributed by atoms with E-state index in [0.717, 1.165) is 5.56 Å². The summed E-state index contributed by atoms with van der Waals surface area (Å²) in [4.78, 5) is 4.46. The van der Waals surface area contributed by atoms with Crippen molar-refractivity contribution in [3.05, 3.63) is 48.0 Å². The van der Waals surface area contributed by atoms with Crippen LogP contribution in [0, 0.1) is 0 Å². The number of rotatable bonds is 2. The minimum absolute atomic E-state index is 0.00405. The molecule has 0 amide bonds. The normalized spacial score (nSPS) is 22.9. The van der Waals surface area contributed by atoms with Gasteiger partial charge in [0.2, 0.25) is 5.90 Å². The molecule has 1 atom stereocenters. The fourth-order valence-electron chi connectivity index (χ4n) is 2.08. The Morgan fingerprint density at radius 2 is 2.00 bits per heavy atom. The van der Waals surface area contributed by atoms with Gasteiger partial charge in [-0.2, -0.15) is 0 Å². The summed E-state index contributed by atoms with van der Waals surface area (Å²) in [6, 6.07) is 14.3. The maximum absolute atomic E-state index is 9.27. The quantitative estimate of drug-likeness (QED) is 0.877. The van der Waals surface area contributed by atoms with Crippen LogP contribution in [0.5, 0.6) is 0 Å². The number of benzene rings is 2. The standard InChI is InChI=1S/C15H15NO2/c1-15(9-17)10-18-14(16-15)13-7-6-11-4-2-3-5-12(11)8-13/h2-8,17H,9-10H2,1H3/t15-/m1/s1. The number of nitrogens with zero attached hydrogens (tertiary/aromatic N) is 1. The molecule has 0 fully saturated rings. The van der Waals surface area contributed by atoms with Gasteiger partial charge in [-0.15, -0.1) is 0 Å². The first-order valence-electron chi connectivity index (χ1n) is 6.03. The van der Waals surface area contributed by atoms with Gasteiger partial charge in [0.25, 0.3) is 0 Å². The van der Waals surface area contributed by atoms with E-state index in [1.807, 2.05) is 25.1 Å². The van der Waals surface area contributed by atoms with Crippen molar-refractivity contribution in [2.24, 2.45) is 4.99 Å². The lowest BCUT2D eigenvalue weighted by molar-refractivity contribution is 0.170. The minimum Gasteiger partial charge on any atom is -0.475 e. The summed E-state index contributed by atoms with van der Waals surface area (Å²) in [5.74, 6) is 0.623. The van der Waals surface area contributed by atoms with E-state index in [9.17, 15) is 5.11 Å². The molecule has 0 saturated carbocycles. The van der Waals surface area contributed by atoms with Gasteiger partial charge >= 0.3 is 0 Å². The number of aliphatic imine (C=N–C) groups is 1. The van der Waals surface area contributed by atoms with E-state index in [2.05, 4.69) is 29.3 Å². The molecule has 0 bridgehead atoms. The number of hydrogen-bond donors (Lipinski definition) is 1. The molecule has 0 unspecified atom stereocenters. The van der Waals surface area contributed by atoms with E-state index in [0.29, 0.717) is 12.5 Å². The molecule has 0 aromatic heterocycles. The number of aliphatic hydroxyl groups is 1. The third-order valence-corrected chi connectivity index (χ3v) is 3.23. The largest absolute Gasteiger partial charge is 0.475 e. The highest BCUT2D eigenvalue weighted by Crippen LogP contribution is 2.23. The van der Waals surface area contributed by atoms with E-state index < -0.39 is 5.54 Å². The first-order valence-corrected chi connectivity index (χ1v) is 6.03. The molecular weight excluding hydrogens is 226 g/mol. The second kappa shape index (κ2) is 4.10. The van der Waals surface area contributed by atoms with Crippen LogP contribution >= 0.6 is 0 Å². The maximum atomic E-state index is 9.27. The molecule has 3 nitrogen and oxygen atoms in total. The summed E-state index contributed by atoms with van der Waals surface area (Å²) in [6.07, 6.45) is 0. The van der Waals surface area contributed by atoms with Gasteiger partial charge in [0, 0.05) is 5.56 Å². The van der Waals surface area contributed by atoms with Gasteiger partial charge in [0.1, 0.15) is 12.1 Å². The molecule has 18 heavy (non-hydrogen) atoms. The van der Waals surface area contributed by atoms with E-state index in [4.69, 9.17) is 4.74 Å². The van der Waals surface area contributed by atoms with Crippen molar-refractivity contribution in [2.45, 2.75) is 12.5 Å². The molecule has 0 spiro atoms. The Kier molecular flexibility index (Phi) is 2.56. The fourth-order valence-corrected chi connectivity index (χ4v) is 2.08.